The zero-order valence-corrected chi connectivity index (χ0v) is 18.9. The van der Waals surface area contributed by atoms with Gasteiger partial charge >= 0.3 is 0 Å². The number of nitrogens with zero attached hydrogens (tertiary/aromatic N) is 2. The maximum absolute atomic E-state index is 12.4. The molecular weight excluding hydrogens is 408 g/mol. The molecule has 0 radical (unpaired) electrons. The summed E-state index contributed by atoms with van der Waals surface area (Å²) in [7, 11) is 4.61. The number of aromatic amines is 1. The average Bonchev–Trinajstić information content (AvgIpc) is 3.28. The lowest BCUT2D eigenvalue weighted by Gasteiger charge is -2.12. The molecular formula is C24H28N4O4. The fraction of sp³-hybridized carbons (Fsp3) is 0.292. The Hall–Kier alpha value is -3.81. The second kappa shape index (κ2) is 10.5. The minimum Gasteiger partial charge on any atom is -0.493 e. The topological polar surface area (TPSA) is 97.8 Å². The number of aromatic nitrogens is 2. The minimum absolute atomic E-state index is 0.313. The summed E-state index contributed by atoms with van der Waals surface area (Å²) in [6.07, 6.45) is 2.52. The van der Waals surface area contributed by atoms with Crippen LogP contribution in [0, 0.1) is 5.92 Å². The Balaban J connectivity index is 1.67. The van der Waals surface area contributed by atoms with Gasteiger partial charge < -0.3 is 14.2 Å². The molecule has 0 unspecified atom stereocenters. The van der Waals surface area contributed by atoms with Crippen LogP contribution in [0.3, 0.4) is 0 Å². The van der Waals surface area contributed by atoms with Crippen LogP contribution in [0.4, 0.5) is 0 Å². The predicted molar refractivity (Wildman–Crippen MR) is 124 cm³/mol. The maximum atomic E-state index is 12.4. The van der Waals surface area contributed by atoms with Crippen molar-refractivity contribution in [3.63, 3.8) is 0 Å². The number of H-pyrrole nitrogens is 1. The van der Waals surface area contributed by atoms with E-state index in [-0.39, 0.29) is 0 Å². The average molecular weight is 437 g/mol. The first kappa shape index (κ1) is 22.9. The van der Waals surface area contributed by atoms with Gasteiger partial charge in [-0.05, 0) is 36.1 Å². The second-order valence-corrected chi connectivity index (χ2v) is 7.62. The number of hydrogen-bond donors (Lipinski definition) is 2. The highest BCUT2D eigenvalue weighted by molar-refractivity contribution is 5.94. The normalized spacial score (nSPS) is 11.1. The first-order valence-electron chi connectivity index (χ1n) is 10.2. The Kier molecular flexibility index (Phi) is 7.49. The van der Waals surface area contributed by atoms with Crippen LogP contribution in [0.25, 0.3) is 11.3 Å². The SMILES string of the molecule is COc1cc(C=NNC(=O)c2cc(-c3ccc(CC(C)C)cc3)n[nH]2)cc(OC)c1OC. The molecule has 8 heteroatoms. The molecule has 168 valence electrons. The number of amides is 1. The van der Waals surface area contributed by atoms with Crippen molar-refractivity contribution in [3.05, 3.63) is 59.3 Å². The van der Waals surface area contributed by atoms with Gasteiger partial charge in [0.2, 0.25) is 5.75 Å². The number of methoxy groups -OCH3 is 3. The third-order valence-corrected chi connectivity index (χ3v) is 4.78. The van der Waals surface area contributed by atoms with E-state index in [9.17, 15) is 4.79 Å². The molecule has 8 nitrogen and oxygen atoms in total. The predicted octanol–water partition coefficient (Wildman–Crippen LogP) is 4.06. The van der Waals surface area contributed by atoms with E-state index in [1.165, 1.54) is 33.1 Å². The molecule has 1 heterocycles. The monoisotopic (exact) mass is 436 g/mol. The van der Waals surface area contributed by atoms with Crippen molar-refractivity contribution >= 4 is 12.1 Å². The molecule has 0 aliphatic rings. The summed E-state index contributed by atoms with van der Waals surface area (Å²) >= 11 is 0. The van der Waals surface area contributed by atoms with Crippen molar-refractivity contribution in [1.82, 2.24) is 15.6 Å². The van der Waals surface area contributed by atoms with Crippen molar-refractivity contribution < 1.29 is 19.0 Å². The zero-order chi connectivity index (χ0) is 23.1. The van der Waals surface area contributed by atoms with Gasteiger partial charge in [0, 0.05) is 11.1 Å². The number of hydrazone groups is 1. The van der Waals surface area contributed by atoms with Gasteiger partial charge in [-0.1, -0.05) is 38.1 Å². The Morgan fingerprint density at radius 3 is 2.28 bits per heavy atom. The first-order valence-corrected chi connectivity index (χ1v) is 10.2. The highest BCUT2D eigenvalue weighted by atomic mass is 16.5. The van der Waals surface area contributed by atoms with Crippen molar-refractivity contribution in [2.45, 2.75) is 20.3 Å². The molecule has 1 amide bonds. The van der Waals surface area contributed by atoms with E-state index < -0.39 is 5.91 Å². The van der Waals surface area contributed by atoms with Gasteiger partial charge in [-0.3, -0.25) is 9.89 Å². The molecule has 0 spiro atoms. The highest BCUT2D eigenvalue weighted by Crippen LogP contribution is 2.37. The second-order valence-electron chi connectivity index (χ2n) is 7.62. The van der Waals surface area contributed by atoms with E-state index in [1.807, 2.05) is 12.1 Å². The van der Waals surface area contributed by atoms with Gasteiger partial charge in [0.1, 0.15) is 5.69 Å². The molecule has 0 fully saturated rings. The molecule has 3 aromatic rings. The van der Waals surface area contributed by atoms with E-state index in [2.05, 4.69) is 46.7 Å². The van der Waals surface area contributed by atoms with E-state index in [0.29, 0.717) is 40.1 Å². The Labute approximate surface area is 187 Å². The van der Waals surface area contributed by atoms with Gasteiger partial charge in [-0.15, -0.1) is 0 Å². The van der Waals surface area contributed by atoms with Crippen LogP contribution >= 0.6 is 0 Å². The molecule has 2 aromatic carbocycles. The number of rotatable bonds is 9. The van der Waals surface area contributed by atoms with Crippen LogP contribution in [0.2, 0.25) is 0 Å². The smallest absolute Gasteiger partial charge is 0.289 e. The third-order valence-electron chi connectivity index (χ3n) is 4.78. The molecule has 0 aliphatic carbocycles. The standard InChI is InChI=1S/C24H28N4O4/c1-15(2)10-16-6-8-18(9-7-16)19-13-20(27-26-19)24(29)28-25-14-17-11-21(30-3)23(32-5)22(12-17)31-4/h6-9,11-15H,10H2,1-5H3,(H,26,27)(H,28,29). The summed E-state index contributed by atoms with van der Waals surface area (Å²) < 4.78 is 15.9. The Morgan fingerprint density at radius 1 is 1.06 bits per heavy atom. The van der Waals surface area contributed by atoms with Crippen LogP contribution in [0.15, 0.2) is 47.6 Å². The van der Waals surface area contributed by atoms with Gasteiger partial charge in [-0.25, -0.2) is 5.43 Å². The number of carbonyl (C=O) groups is 1. The molecule has 0 aliphatic heterocycles. The molecule has 32 heavy (non-hydrogen) atoms. The van der Waals surface area contributed by atoms with E-state index >= 15 is 0 Å². The van der Waals surface area contributed by atoms with Crippen LogP contribution in [-0.2, 0) is 6.42 Å². The van der Waals surface area contributed by atoms with Gasteiger partial charge in [0.05, 0.1) is 33.2 Å². The number of benzene rings is 2. The van der Waals surface area contributed by atoms with E-state index in [4.69, 9.17) is 14.2 Å². The number of carbonyl (C=O) groups excluding carboxylic acids is 1. The van der Waals surface area contributed by atoms with Gasteiger partial charge in [0.25, 0.3) is 5.91 Å². The quantitative estimate of drug-likeness (QED) is 0.389. The minimum atomic E-state index is -0.399. The van der Waals surface area contributed by atoms with E-state index in [0.717, 1.165) is 12.0 Å². The largest absolute Gasteiger partial charge is 0.493 e. The first-order chi connectivity index (χ1) is 15.4. The summed E-state index contributed by atoms with van der Waals surface area (Å²) in [6.45, 7) is 4.38. The van der Waals surface area contributed by atoms with Crippen molar-refractivity contribution in [1.29, 1.82) is 0 Å². The highest BCUT2D eigenvalue weighted by Gasteiger charge is 2.13. The lowest BCUT2D eigenvalue weighted by molar-refractivity contribution is 0.0950. The lowest BCUT2D eigenvalue weighted by atomic mass is 10.0. The summed E-state index contributed by atoms with van der Waals surface area (Å²) in [5.74, 6) is 1.68. The van der Waals surface area contributed by atoms with Crippen LogP contribution in [-0.4, -0.2) is 43.6 Å². The molecule has 0 atom stereocenters. The number of nitrogens with one attached hydrogen (secondary N) is 2. The van der Waals surface area contributed by atoms with Crippen molar-refractivity contribution in [2.75, 3.05) is 21.3 Å². The molecule has 2 N–H and O–H groups in total. The van der Waals surface area contributed by atoms with Crippen LogP contribution in [0.1, 0.15) is 35.5 Å². The number of ether oxygens (including phenoxy) is 3. The molecule has 1 aromatic heterocycles. The van der Waals surface area contributed by atoms with Gasteiger partial charge in [-0.2, -0.15) is 10.2 Å². The van der Waals surface area contributed by atoms with Crippen molar-refractivity contribution in [3.8, 4) is 28.5 Å². The van der Waals surface area contributed by atoms with Gasteiger partial charge in [0.15, 0.2) is 11.5 Å². The fourth-order valence-electron chi connectivity index (χ4n) is 3.27. The third kappa shape index (κ3) is 5.46. The molecule has 0 saturated heterocycles. The van der Waals surface area contributed by atoms with Crippen LogP contribution < -0.4 is 19.6 Å². The summed E-state index contributed by atoms with van der Waals surface area (Å²) in [6, 6.07) is 13.4. The summed E-state index contributed by atoms with van der Waals surface area (Å²) in [5.41, 5.74) is 6.39. The number of hydrogen-bond acceptors (Lipinski definition) is 6. The van der Waals surface area contributed by atoms with Crippen molar-refractivity contribution in [2.24, 2.45) is 11.0 Å². The van der Waals surface area contributed by atoms with Crippen LogP contribution in [0.5, 0.6) is 17.2 Å². The lowest BCUT2D eigenvalue weighted by Crippen LogP contribution is -2.18. The van der Waals surface area contributed by atoms with E-state index in [1.54, 1.807) is 18.2 Å². The summed E-state index contributed by atoms with van der Waals surface area (Å²) in [5, 5.41) is 11.0. The zero-order valence-electron chi connectivity index (χ0n) is 18.9. The molecule has 0 saturated carbocycles. The Morgan fingerprint density at radius 2 is 1.72 bits per heavy atom. The maximum Gasteiger partial charge on any atom is 0.289 e. The summed E-state index contributed by atoms with van der Waals surface area (Å²) in [4.78, 5) is 12.4. The molecule has 3 rings (SSSR count). The fourth-order valence-corrected chi connectivity index (χ4v) is 3.27. The Bertz CT molecular complexity index is 1060. The molecule has 0 bridgehead atoms.